The fourth-order valence-corrected chi connectivity index (χ4v) is 3.49. The van der Waals surface area contributed by atoms with Crippen LogP contribution in [-0.2, 0) is 42.9 Å². The number of anilines is 1. The molecular formula is C19H23N5O9. The highest BCUT2D eigenvalue weighted by molar-refractivity contribution is 5.81. The van der Waals surface area contributed by atoms with E-state index in [-0.39, 0.29) is 23.6 Å². The molecule has 0 amide bonds. The lowest BCUT2D eigenvalue weighted by Crippen LogP contribution is -2.60. The molecule has 14 heteroatoms. The van der Waals surface area contributed by atoms with Crippen LogP contribution >= 0.6 is 0 Å². The lowest BCUT2D eigenvalue weighted by atomic mass is 9.97. The number of nitrogens with two attached hydrogens (primary N) is 1. The van der Waals surface area contributed by atoms with Crippen molar-refractivity contribution in [3.8, 4) is 0 Å². The van der Waals surface area contributed by atoms with Crippen LogP contribution in [0.2, 0.25) is 0 Å². The quantitative estimate of drug-likeness (QED) is 0.432. The van der Waals surface area contributed by atoms with Gasteiger partial charge in [-0.15, -0.1) is 0 Å². The maximum atomic E-state index is 11.9. The zero-order valence-corrected chi connectivity index (χ0v) is 18.3. The number of rotatable bonds is 6. The van der Waals surface area contributed by atoms with Gasteiger partial charge in [0.2, 0.25) is 0 Å². The summed E-state index contributed by atoms with van der Waals surface area (Å²) in [7, 11) is 0. The maximum Gasteiger partial charge on any atom is 0.303 e. The van der Waals surface area contributed by atoms with Gasteiger partial charge in [-0.05, 0) is 0 Å². The van der Waals surface area contributed by atoms with E-state index in [1.807, 2.05) is 0 Å². The van der Waals surface area contributed by atoms with Crippen molar-refractivity contribution in [3.05, 3.63) is 12.7 Å². The molecule has 0 bridgehead atoms. The van der Waals surface area contributed by atoms with Crippen molar-refractivity contribution >= 4 is 40.9 Å². The first-order valence-corrected chi connectivity index (χ1v) is 9.82. The van der Waals surface area contributed by atoms with E-state index in [0.29, 0.717) is 0 Å². The molecular weight excluding hydrogens is 442 g/mol. The fourth-order valence-electron chi connectivity index (χ4n) is 3.49. The molecule has 0 radical (unpaired) electrons. The third-order valence-corrected chi connectivity index (χ3v) is 4.63. The molecule has 0 spiro atoms. The number of nitrogen functional groups attached to an aromatic ring is 1. The Morgan fingerprint density at radius 1 is 0.909 bits per heavy atom. The van der Waals surface area contributed by atoms with E-state index in [0.717, 1.165) is 20.8 Å². The van der Waals surface area contributed by atoms with E-state index in [4.69, 9.17) is 29.4 Å². The second-order valence-electron chi connectivity index (χ2n) is 7.17. The lowest BCUT2D eigenvalue weighted by molar-refractivity contribution is -0.267. The summed E-state index contributed by atoms with van der Waals surface area (Å²) in [5, 5.41) is 0. The molecule has 0 saturated carbocycles. The first kappa shape index (κ1) is 23.8. The van der Waals surface area contributed by atoms with Crippen LogP contribution in [0.3, 0.4) is 0 Å². The van der Waals surface area contributed by atoms with Crippen LogP contribution in [0.1, 0.15) is 33.9 Å². The van der Waals surface area contributed by atoms with Crippen LogP contribution in [0.15, 0.2) is 12.7 Å². The van der Waals surface area contributed by atoms with Crippen LogP contribution in [-0.4, -0.2) is 74.4 Å². The van der Waals surface area contributed by atoms with Gasteiger partial charge in [0.25, 0.3) is 0 Å². The molecule has 2 N–H and O–H groups in total. The topological polar surface area (TPSA) is 184 Å². The van der Waals surface area contributed by atoms with Crippen LogP contribution in [0, 0.1) is 0 Å². The molecule has 1 aliphatic rings. The lowest BCUT2D eigenvalue weighted by Gasteiger charge is -2.44. The number of esters is 4. The van der Waals surface area contributed by atoms with Crippen molar-refractivity contribution in [1.29, 1.82) is 0 Å². The Hall–Kier alpha value is -3.81. The Balaban J connectivity index is 2.13. The molecule has 1 aliphatic heterocycles. The maximum absolute atomic E-state index is 11.9. The standard InChI is InChI=1S/C19H23N5O9/c1-8(25)29-5-12-14(30-9(2)26)15(31-10(3)27)16(32-11(4)28)19(33-12)24-7-23-13-17(20)21-6-22-18(13)24/h6-7,12,14-16,19H,5H2,1-4H3,(H2,20,21,22). The van der Waals surface area contributed by atoms with E-state index >= 15 is 0 Å². The van der Waals surface area contributed by atoms with E-state index in [9.17, 15) is 19.2 Å². The summed E-state index contributed by atoms with van der Waals surface area (Å²) in [6.45, 7) is 4.28. The smallest absolute Gasteiger partial charge is 0.303 e. The predicted octanol–water partition coefficient (Wildman–Crippen LogP) is -0.336. The largest absolute Gasteiger partial charge is 0.463 e. The van der Waals surface area contributed by atoms with Gasteiger partial charge in [-0.2, -0.15) is 0 Å². The minimum Gasteiger partial charge on any atom is -0.463 e. The molecule has 3 heterocycles. The average Bonchev–Trinajstić information content (AvgIpc) is 3.14. The Bertz CT molecular complexity index is 1070. The van der Waals surface area contributed by atoms with Gasteiger partial charge in [0, 0.05) is 27.7 Å². The molecule has 33 heavy (non-hydrogen) atoms. The summed E-state index contributed by atoms with van der Waals surface area (Å²) in [4.78, 5) is 59.3. The number of fused-ring (bicyclic) bond motifs is 1. The minimum absolute atomic E-state index is 0.101. The zero-order valence-electron chi connectivity index (χ0n) is 18.3. The summed E-state index contributed by atoms with van der Waals surface area (Å²) in [6, 6.07) is 0. The molecule has 1 fully saturated rings. The predicted molar refractivity (Wildman–Crippen MR) is 107 cm³/mol. The van der Waals surface area contributed by atoms with Gasteiger partial charge in [-0.25, -0.2) is 15.0 Å². The SMILES string of the molecule is CC(=O)OCC1OC(n2cnc3c(N)ncnc32)C(OC(C)=O)C(OC(C)=O)C1OC(C)=O. The summed E-state index contributed by atoms with van der Waals surface area (Å²) < 4.78 is 28.7. The van der Waals surface area contributed by atoms with E-state index in [1.54, 1.807) is 0 Å². The van der Waals surface area contributed by atoms with Crippen LogP contribution in [0.4, 0.5) is 5.82 Å². The third kappa shape index (κ3) is 5.34. The zero-order chi connectivity index (χ0) is 24.3. The summed E-state index contributed by atoms with van der Waals surface area (Å²) >= 11 is 0. The average molecular weight is 465 g/mol. The van der Waals surface area contributed by atoms with Gasteiger partial charge >= 0.3 is 23.9 Å². The number of imidazole rings is 1. The number of carbonyl (C=O) groups is 4. The second-order valence-corrected chi connectivity index (χ2v) is 7.17. The van der Waals surface area contributed by atoms with Crippen molar-refractivity contribution in [2.45, 2.75) is 58.3 Å². The molecule has 14 nitrogen and oxygen atoms in total. The normalized spacial score (nSPS) is 24.7. The Kier molecular flexibility index (Phi) is 7.06. The summed E-state index contributed by atoms with van der Waals surface area (Å²) in [5.74, 6) is -2.68. The highest BCUT2D eigenvalue weighted by Crippen LogP contribution is 2.36. The van der Waals surface area contributed by atoms with Gasteiger partial charge in [0.15, 0.2) is 36.0 Å². The highest BCUT2D eigenvalue weighted by Gasteiger charge is 2.53. The molecule has 0 aliphatic carbocycles. The Morgan fingerprint density at radius 3 is 2.12 bits per heavy atom. The number of nitrogens with zero attached hydrogens (tertiary/aromatic N) is 4. The van der Waals surface area contributed by atoms with Gasteiger partial charge in [0.1, 0.15) is 24.6 Å². The second kappa shape index (κ2) is 9.77. The number of hydrogen-bond acceptors (Lipinski definition) is 13. The van der Waals surface area contributed by atoms with Gasteiger partial charge < -0.3 is 29.4 Å². The third-order valence-electron chi connectivity index (χ3n) is 4.63. The first-order chi connectivity index (χ1) is 15.6. The molecule has 0 aromatic carbocycles. The van der Waals surface area contributed by atoms with Gasteiger partial charge in [0.05, 0.1) is 6.33 Å². The molecule has 3 rings (SSSR count). The van der Waals surface area contributed by atoms with E-state index < -0.39 is 54.5 Å². The van der Waals surface area contributed by atoms with Crippen molar-refractivity contribution in [2.75, 3.05) is 12.3 Å². The molecule has 5 atom stereocenters. The van der Waals surface area contributed by atoms with Crippen molar-refractivity contribution < 1.29 is 42.9 Å². The van der Waals surface area contributed by atoms with Crippen molar-refractivity contribution in [3.63, 3.8) is 0 Å². The molecule has 5 unspecified atom stereocenters. The molecule has 1 saturated heterocycles. The number of hydrogen-bond donors (Lipinski definition) is 1. The van der Waals surface area contributed by atoms with E-state index in [2.05, 4.69) is 15.0 Å². The van der Waals surface area contributed by atoms with Gasteiger partial charge in [-0.1, -0.05) is 0 Å². The number of ether oxygens (including phenoxy) is 5. The molecule has 178 valence electrons. The van der Waals surface area contributed by atoms with Gasteiger partial charge in [-0.3, -0.25) is 23.7 Å². The van der Waals surface area contributed by atoms with E-state index in [1.165, 1.54) is 24.1 Å². The first-order valence-electron chi connectivity index (χ1n) is 9.82. The Morgan fingerprint density at radius 2 is 1.52 bits per heavy atom. The minimum atomic E-state index is -1.31. The fraction of sp³-hybridized carbons (Fsp3) is 0.526. The van der Waals surface area contributed by atoms with Crippen LogP contribution in [0.25, 0.3) is 11.2 Å². The number of aromatic nitrogens is 4. The summed E-state index contributed by atoms with van der Waals surface area (Å²) in [5.41, 5.74) is 6.35. The molecule has 2 aromatic heterocycles. The Labute approximate surface area is 187 Å². The van der Waals surface area contributed by atoms with Crippen molar-refractivity contribution in [1.82, 2.24) is 19.5 Å². The van der Waals surface area contributed by atoms with Crippen LogP contribution in [0.5, 0.6) is 0 Å². The molecule has 2 aromatic rings. The van der Waals surface area contributed by atoms with Crippen molar-refractivity contribution in [2.24, 2.45) is 0 Å². The van der Waals surface area contributed by atoms with Crippen LogP contribution < -0.4 is 5.73 Å². The highest BCUT2D eigenvalue weighted by atomic mass is 16.7. The summed E-state index contributed by atoms with van der Waals surface area (Å²) in [6.07, 6.45) is -3.61. The number of carbonyl (C=O) groups excluding carboxylic acids is 4. The monoisotopic (exact) mass is 465 g/mol.